The van der Waals surface area contributed by atoms with E-state index in [1.54, 1.807) is 41.3 Å². The van der Waals surface area contributed by atoms with Crippen molar-refractivity contribution >= 4 is 35.2 Å². The molecular formula is C32H34ClN3O4. The lowest BCUT2D eigenvalue weighted by Gasteiger charge is -2.32. The van der Waals surface area contributed by atoms with Crippen molar-refractivity contribution in [3.8, 4) is 0 Å². The van der Waals surface area contributed by atoms with Crippen molar-refractivity contribution in [3.05, 3.63) is 106 Å². The van der Waals surface area contributed by atoms with E-state index in [0.29, 0.717) is 22.6 Å². The summed E-state index contributed by atoms with van der Waals surface area (Å²) in [7, 11) is 0. The Kier molecular flexibility index (Phi) is 9.72. The molecular weight excluding hydrogens is 526 g/mol. The van der Waals surface area contributed by atoms with Gasteiger partial charge >= 0.3 is 0 Å². The number of fused-ring (bicyclic) bond motifs is 1. The summed E-state index contributed by atoms with van der Waals surface area (Å²) in [5, 5.41) is 3.63. The van der Waals surface area contributed by atoms with Crippen LogP contribution in [0.15, 0.2) is 78.9 Å². The highest BCUT2D eigenvalue weighted by molar-refractivity contribution is 6.30. The molecule has 1 aliphatic heterocycles. The molecule has 40 heavy (non-hydrogen) atoms. The molecule has 8 heteroatoms. The SMILES string of the molecule is CC[C@H](C)NC(=O)[C@@H](Cc1ccccc1)N(Cc1ccc(Cl)cc1)C(=O)CCCN1C(=O)c2ccccc2C1=O. The predicted octanol–water partition coefficient (Wildman–Crippen LogP) is 5.27. The van der Waals surface area contributed by atoms with Gasteiger partial charge in [0.2, 0.25) is 11.8 Å². The molecule has 3 aromatic rings. The van der Waals surface area contributed by atoms with Crippen LogP contribution in [0.5, 0.6) is 0 Å². The first-order chi connectivity index (χ1) is 19.3. The standard InChI is InChI=1S/C32H34ClN3O4/c1-3-22(2)34-30(38)28(20-23-10-5-4-6-11-23)36(21-24-15-17-25(33)18-16-24)29(37)14-9-19-35-31(39)26-12-7-8-13-27(26)32(35)40/h4-8,10-13,15-18,22,28H,3,9,14,19-21H2,1-2H3,(H,34,38)/t22-,28+/m0/s1. The molecule has 3 aromatic carbocycles. The number of nitrogens with zero attached hydrogens (tertiary/aromatic N) is 2. The number of amides is 4. The fourth-order valence-electron chi connectivity index (χ4n) is 4.76. The van der Waals surface area contributed by atoms with Crippen LogP contribution in [0.2, 0.25) is 5.02 Å². The molecule has 1 aliphatic rings. The number of imide groups is 1. The van der Waals surface area contributed by atoms with Gasteiger partial charge in [-0.05, 0) is 55.2 Å². The molecule has 208 valence electrons. The number of halogens is 1. The Balaban J connectivity index is 1.54. The molecule has 2 atom stereocenters. The van der Waals surface area contributed by atoms with Gasteiger partial charge in [-0.1, -0.05) is 73.1 Å². The van der Waals surface area contributed by atoms with Crippen molar-refractivity contribution in [2.75, 3.05) is 6.54 Å². The first-order valence-electron chi connectivity index (χ1n) is 13.6. The number of hydrogen-bond acceptors (Lipinski definition) is 4. The van der Waals surface area contributed by atoms with E-state index in [0.717, 1.165) is 17.5 Å². The van der Waals surface area contributed by atoms with Crippen LogP contribution in [-0.2, 0) is 22.6 Å². The fourth-order valence-corrected chi connectivity index (χ4v) is 4.88. The second kappa shape index (κ2) is 13.4. The molecule has 4 rings (SSSR count). The predicted molar refractivity (Wildman–Crippen MR) is 155 cm³/mol. The monoisotopic (exact) mass is 559 g/mol. The van der Waals surface area contributed by atoms with Gasteiger partial charge in [-0.3, -0.25) is 24.1 Å². The lowest BCUT2D eigenvalue weighted by molar-refractivity contribution is -0.141. The summed E-state index contributed by atoms with van der Waals surface area (Å²) < 4.78 is 0. The smallest absolute Gasteiger partial charge is 0.261 e. The molecule has 0 spiro atoms. The van der Waals surface area contributed by atoms with Gasteiger partial charge in [0.1, 0.15) is 6.04 Å². The Hall–Kier alpha value is -3.97. The highest BCUT2D eigenvalue weighted by atomic mass is 35.5. The van der Waals surface area contributed by atoms with E-state index in [-0.39, 0.29) is 55.6 Å². The van der Waals surface area contributed by atoms with Gasteiger partial charge in [0, 0.05) is 37.0 Å². The van der Waals surface area contributed by atoms with Gasteiger partial charge in [0.05, 0.1) is 11.1 Å². The molecule has 0 bridgehead atoms. The van der Waals surface area contributed by atoms with Gasteiger partial charge in [0.15, 0.2) is 0 Å². The van der Waals surface area contributed by atoms with Crippen LogP contribution in [-0.4, -0.2) is 52.1 Å². The quantitative estimate of drug-likeness (QED) is 0.306. The van der Waals surface area contributed by atoms with Crippen molar-refractivity contribution in [2.45, 2.75) is 58.2 Å². The molecule has 0 aliphatic carbocycles. The van der Waals surface area contributed by atoms with E-state index in [2.05, 4.69) is 5.32 Å². The van der Waals surface area contributed by atoms with Crippen molar-refractivity contribution in [1.29, 1.82) is 0 Å². The highest BCUT2D eigenvalue weighted by Crippen LogP contribution is 2.23. The van der Waals surface area contributed by atoms with Crippen LogP contribution in [0.25, 0.3) is 0 Å². The Morgan fingerprint density at radius 3 is 2.08 bits per heavy atom. The summed E-state index contributed by atoms with van der Waals surface area (Å²) in [6.45, 7) is 4.27. The minimum atomic E-state index is -0.751. The average Bonchev–Trinajstić information content (AvgIpc) is 3.21. The van der Waals surface area contributed by atoms with Crippen LogP contribution in [0.1, 0.15) is 65.0 Å². The van der Waals surface area contributed by atoms with Crippen molar-refractivity contribution in [1.82, 2.24) is 15.1 Å². The first-order valence-corrected chi connectivity index (χ1v) is 14.0. The molecule has 4 amide bonds. The Bertz CT molecular complexity index is 1330. The van der Waals surface area contributed by atoms with E-state index in [1.165, 1.54) is 4.90 Å². The van der Waals surface area contributed by atoms with Crippen LogP contribution < -0.4 is 5.32 Å². The zero-order valence-electron chi connectivity index (χ0n) is 22.8. The minimum absolute atomic E-state index is 0.0490. The van der Waals surface area contributed by atoms with Gasteiger partial charge in [-0.15, -0.1) is 0 Å². The summed E-state index contributed by atoms with van der Waals surface area (Å²) in [6.07, 6.45) is 1.46. The maximum absolute atomic E-state index is 13.8. The van der Waals surface area contributed by atoms with Crippen molar-refractivity contribution in [2.24, 2.45) is 0 Å². The molecule has 1 N–H and O–H groups in total. The minimum Gasteiger partial charge on any atom is -0.352 e. The van der Waals surface area contributed by atoms with Crippen LogP contribution in [0.3, 0.4) is 0 Å². The van der Waals surface area contributed by atoms with E-state index in [1.807, 2.05) is 56.3 Å². The fraction of sp³-hybridized carbons (Fsp3) is 0.312. The van der Waals surface area contributed by atoms with Crippen LogP contribution in [0.4, 0.5) is 0 Å². The summed E-state index contributed by atoms with van der Waals surface area (Å²) in [4.78, 5) is 55.7. The molecule has 0 saturated carbocycles. The zero-order valence-corrected chi connectivity index (χ0v) is 23.6. The number of benzene rings is 3. The van der Waals surface area contributed by atoms with E-state index in [9.17, 15) is 19.2 Å². The summed E-state index contributed by atoms with van der Waals surface area (Å²) in [5.74, 6) is -1.14. The third kappa shape index (κ3) is 6.96. The molecule has 1 heterocycles. The van der Waals surface area contributed by atoms with Crippen molar-refractivity contribution < 1.29 is 19.2 Å². The third-order valence-electron chi connectivity index (χ3n) is 7.19. The van der Waals surface area contributed by atoms with Gasteiger partial charge in [-0.2, -0.15) is 0 Å². The third-order valence-corrected chi connectivity index (χ3v) is 7.44. The molecule has 0 aromatic heterocycles. The topological polar surface area (TPSA) is 86.8 Å². The summed E-state index contributed by atoms with van der Waals surface area (Å²) in [6, 6.07) is 22.7. The molecule has 0 unspecified atom stereocenters. The second-order valence-corrected chi connectivity index (χ2v) is 10.5. The molecule has 0 radical (unpaired) electrons. The maximum Gasteiger partial charge on any atom is 0.261 e. The Labute approximate surface area is 240 Å². The second-order valence-electron chi connectivity index (χ2n) is 10.1. The summed E-state index contributed by atoms with van der Waals surface area (Å²) in [5.41, 5.74) is 2.54. The maximum atomic E-state index is 13.8. The number of carbonyl (C=O) groups is 4. The molecule has 0 saturated heterocycles. The summed E-state index contributed by atoms with van der Waals surface area (Å²) >= 11 is 6.09. The molecule has 0 fully saturated rings. The number of carbonyl (C=O) groups excluding carboxylic acids is 4. The van der Waals surface area contributed by atoms with Gasteiger partial charge in [-0.25, -0.2) is 0 Å². The lowest BCUT2D eigenvalue weighted by atomic mass is 10.0. The largest absolute Gasteiger partial charge is 0.352 e. The van der Waals surface area contributed by atoms with Crippen molar-refractivity contribution in [3.63, 3.8) is 0 Å². The van der Waals surface area contributed by atoms with Gasteiger partial charge < -0.3 is 10.2 Å². The average molecular weight is 560 g/mol. The number of rotatable bonds is 12. The Morgan fingerprint density at radius 2 is 1.48 bits per heavy atom. The van der Waals surface area contributed by atoms with Gasteiger partial charge in [0.25, 0.3) is 11.8 Å². The van der Waals surface area contributed by atoms with E-state index >= 15 is 0 Å². The Morgan fingerprint density at radius 1 is 0.875 bits per heavy atom. The zero-order chi connectivity index (χ0) is 28.6. The highest BCUT2D eigenvalue weighted by Gasteiger charge is 2.35. The van der Waals surface area contributed by atoms with E-state index < -0.39 is 6.04 Å². The molecule has 7 nitrogen and oxygen atoms in total. The van der Waals surface area contributed by atoms with Crippen LogP contribution >= 0.6 is 11.6 Å². The normalized spacial score (nSPS) is 14.0. The van der Waals surface area contributed by atoms with E-state index in [4.69, 9.17) is 11.6 Å². The van der Waals surface area contributed by atoms with Crippen LogP contribution in [0, 0.1) is 0 Å². The number of hydrogen-bond donors (Lipinski definition) is 1. The lowest BCUT2D eigenvalue weighted by Crippen LogP contribution is -2.52. The first kappa shape index (κ1) is 29.0. The number of nitrogens with one attached hydrogen (secondary N) is 1.